The van der Waals surface area contributed by atoms with E-state index in [1.165, 1.54) is 0 Å². The Bertz CT molecular complexity index is 401. The van der Waals surface area contributed by atoms with Crippen LogP contribution in [0.15, 0.2) is 15.2 Å². The fraction of sp³-hybridized carbons (Fsp3) is 0.714. The van der Waals surface area contributed by atoms with E-state index < -0.39 is 5.60 Å². The van der Waals surface area contributed by atoms with Crippen molar-refractivity contribution < 1.29 is 9.53 Å². The summed E-state index contributed by atoms with van der Waals surface area (Å²) in [5.41, 5.74) is 5.91. The molecule has 20 heavy (non-hydrogen) atoms. The van der Waals surface area contributed by atoms with Crippen LogP contribution in [0.4, 0.5) is 4.79 Å². The minimum atomic E-state index is -0.444. The van der Waals surface area contributed by atoms with Gasteiger partial charge in [-0.15, -0.1) is 0 Å². The lowest BCUT2D eigenvalue weighted by Gasteiger charge is -2.32. The molecule has 1 aliphatic heterocycles. The summed E-state index contributed by atoms with van der Waals surface area (Å²) in [5.74, 6) is 0. The van der Waals surface area contributed by atoms with Crippen molar-refractivity contribution in [3.05, 3.63) is 10.2 Å². The number of aliphatic imine (C=N–C) groups is 1. The van der Waals surface area contributed by atoms with E-state index in [-0.39, 0.29) is 12.1 Å². The number of likely N-dealkylation sites (tertiary alicyclic amines) is 1. The number of carbonyl (C=O) groups excluding carboxylic acids is 1. The van der Waals surface area contributed by atoms with Gasteiger partial charge >= 0.3 is 6.09 Å². The van der Waals surface area contributed by atoms with E-state index in [9.17, 15) is 4.79 Å². The van der Waals surface area contributed by atoms with Crippen LogP contribution in [0.1, 0.15) is 40.5 Å². The van der Waals surface area contributed by atoms with Gasteiger partial charge in [0.1, 0.15) is 5.60 Å². The van der Waals surface area contributed by atoms with Gasteiger partial charge in [0.05, 0.1) is 10.5 Å². The van der Waals surface area contributed by atoms with Crippen LogP contribution in [0.3, 0.4) is 0 Å². The lowest BCUT2D eigenvalue weighted by atomic mass is 10.1. The summed E-state index contributed by atoms with van der Waals surface area (Å²) >= 11 is 3.36. The molecule has 1 amide bonds. The van der Waals surface area contributed by atoms with Crippen molar-refractivity contribution >= 4 is 28.2 Å². The van der Waals surface area contributed by atoms with E-state index in [0.29, 0.717) is 18.8 Å². The number of allylic oxidation sites excluding steroid dienone is 2. The first-order valence-electron chi connectivity index (χ1n) is 6.82. The molecule has 0 unspecified atom stereocenters. The first kappa shape index (κ1) is 17.0. The highest BCUT2D eigenvalue weighted by atomic mass is 79.9. The number of carbonyl (C=O) groups is 1. The molecular formula is C14H24BrN3O2. The highest BCUT2D eigenvalue weighted by Crippen LogP contribution is 2.17. The largest absolute Gasteiger partial charge is 0.444 e. The molecule has 0 spiro atoms. The Morgan fingerprint density at radius 1 is 1.40 bits per heavy atom. The number of piperidine rings is 1. The van der Waals surface area contributed by atoms with Crippen LogP contribution in [0.2, 0.25) is 0 Å². The van der Waals surface area contributed by atoms with E-state index in [1.807, 2.05) is 27.7 Å². The van der Waals surface area contributed by atoms with Gasteiger partial charge in [0, 0.05) is 25.0 Å². The van der Waals surface area contributed by atoms with E-state index in [0.717, 1.165) is 17.3 Å². The number of hydrogen-bond acceptors (Lipinski definition) is 4. The Morgan fingerprint density at radius 3 is 2.40 bits per heavy atom. The molecule has 0 bridgehead atoms. The second kappa shape index (κ2) is 7.11. The molecule has 0 aliphatic carbocycles. The molecule has 2 N–H and O–H groups in total. The van der Waals surface area contributed by atoms with Gasteiger partial charge in [0.2, 0.25) is 0 Å². The molecule has 1 fully saturated rings. The Morgan fingerprint density at radius 2 is 1.95 bits per heavy atom. The quantitative estimate of drug-likeness (QED) is 0.782. The van der Waals surface area contributed by atoms with Crippen LogP contribution < -0.4 is 5.73 Å². The van der Waals surface area contributed by atoms with E-state index in [2.05, 4.69) is 20.9 Å². The molecule has 0 aromatic heterocycles. The summed E-state index contributed by atoms with van der Waals surface area (Å²) in [6.07, 6.45) is 3.21. The van der Waals surface area contributed by atoms with E-state index in [4.69, 9.17) is 10.5 Å². The van der Waals surface area contributed by atoms with Crippen molar-refractivity contribution in [3.8, 4) is 0 Å². The zero-order chi connectivity index (χ0) is 15.3. The van der Waals surface area contributed by atoms with E-state index in [1.54, 1.807) is 11.1 Å². The van der Waals surface area contributed by atoms with Crippen LogP contribution in [0, 0.1) is 0 Å². The van der Waals surface area contributed by atoms with Crippen LogP contribution in [-0.4, -0.2) is 41.9 Å². The van der Waals surface area contributed by atoms with Crippen molar-refractivity contribution in [1.82, 2.24) is 4.90 Å². The van der Waals surface area contributed by atoms with Crippen molar-refractivity contribution in [2.75, 3.05) is 13.1 Å². The third-order valence-corrected chi connectivity index (χ3v) is 3.72. The van der Waals surface area contributed by atoms with Gasteiger partial charge in [-0.1, -0.05) is 0 Å². The number of ether oxygens (including phenoxy) is 1. The predicted molar refractivity (Wildman–Crippen MR) is 85.1 cm³/mol. The molecule has 0 aromatic rings. The molecule has 6 heteroatoms. The van der Waals surface area contributed by atoms with Crippen LogP contribution in [0.5, 0.6) is 0 Å². The summed E-state index contributed by atoms with van der Waals surface area (Å²) in [6.45, 7) is 8.81. The minimum absolute atomic E-state index is 0.237. The van der Waals surface area contributed by atoms with Gasteiger partial charge < -0.3 is 15.4 Å². The van der Waals surface area contributed by atoms with Crippen molar-refractivity contribution in [3.63, 3.8) is 0 Å². The number of hydrogen-bond donors (Lipinski definition) is 1. The lowest BCUT2D eigenvalue weighted by Crippen LogP contribution is -2.42. The molecular weight excluding hydrogens is 322 g/mol. The summed E-state index contributed by atoms with van der Waals surface area (Å²) in [5, 5.41) is 0. The number of amides is 1. The smallest absolute Gasteiger partial charge is 0.410 e. The monoisotopic (exact) mass is 345 g/mol. The molecule has 5 nitrogen and oxygen atoms in total. The maximum absolute atomic E-state index is 11.9. The lowest BCUT2D eigenvalue weighted by molar-refractivity contribution is 0.0207. The van der Waals surface area contributed by atoms with Crippen molar-refractivity contribution in [2.24, 2.45) is 10.7 Å². The molecule has 1 rings (SSSR count). The maximum Gasteiger partial charge on any atom is 0.410 e. The SMILES string of the molecule is C/C(N)=C(\Br)C=NC1CCN(C(=O)OC(C)(C)C)CC1. The fourth-order valence-electron chi connectivity index (χ4n) is 1.80. The van der Waals surface area contributed by atoms with Gasteiger partial charge in [-0.25, -0.2) is 4.79 Å². The highest BCUT2D eigenvalue weighted by molar-refractivity contribution is 9.12. The first-order valence-corrected chi connectivity index (χ1v) is 7.61. The molecule has 0 atom stereocenters. The Labute approximate surface area is 129 Å². The minimum Gasteiger partial charge on any atom is -0.444 e. The number of nitrogens with two attached hydrogens (primary N) is 1. The van der Waals surface area contributed by atoms with Gasteiger partial charge in [0.25, 0.3) is 0 Å². The second-order valence-electron chi connectivity index (χ2n) is 6.01. The van der Waals surface area contributed by atoms with E-state index >= 15 is 0 Å². The number of rotatable bonds is 2. The third kappa shape index (κ3) is 5.94. The highest BCUT2D eigenvalue weighted by Gasteiger charge is 2.26. The summed E-state index contributed by atoms with van der Waals surface area (Å²) in [7, 11) is 0. The van der Waals surface area contributed by atoms with Crippen molar-refractivity contribution in [1.29, 1.82) is 0 Å². The predicted octanol–water partition coefficient (Wildman–Crippen LogP) is 3.04. The number of halogens is 1. The average molecular weight is 346 g/mol. The summed E-state index contributed by atoms with van der Waals surface area (Å²) in [4.78, 5) is 18.1. The van der Waals surface area contributed by atoms with Crippen LogP contribution in [-0.2, 0) is 4.74 Å². The Hall–Kier alpha value is -1.04. The summed E-state index contributed by atoms with van der Waals surface area (Å²) < 4.78 is 6.17. The number of nitrogens with zero attached hydrogens (tertiary/aromatic N) is 2. The molecule has 0 radical (unpaired) electrons. The topological polar surface area (TPSA) is 67.9 Å². The molecule has 0 aromatic carbocycles. The Balaban J connectivity index is 2.44. The van der Waals surface area contributed by atoms with Gasteiger partial charge in [0.15, 0.2) is 0 Å². The molecule has 1 aliphatic rings. The fourth-order valence-corrected chi connectivity index (χ4v) is 1.91. The molecule has 114 valence electrons. The first-order chi connectivity index (χ1) is 9.19. The third-order valence-electron chi connectivity index (χ3n) is 2.89. The normalized spacial score (nSPS) is 19.1. The molecule has 0 saturated carbocycles. The van der Waals surface area contributed by atoms with Crippen LogP contribution in [0.25, 0.3) is 0 Å². The molecule has 1 heterocycles. The molecule has 1 saturated heterocycles. The average Bonchev–Trinajstić information content (AvgIpc) is 2.34. The van der Waals surface area contributed by atoms with Crippen LogP contribution >= 0.6 is 15.9 Å². The van der Waals surface area contributed by atoms with Gasteiger partial charge in [-0.2, -0.15) is 0 Å². The Kier molecular flexibility index (Phi) is 6.05. The standard InChI is InChI=1S/C14H24BrN3O2/c1-10(16)12(15)9-17-11-5-7-18(8-6-11)13(19)20-14(2,3)4/h9,11H,5-8,16H2,1-4H3/b12-10+,17-9?. The zero-order valence-electron chi connectivity index (χ0n) is 12.6. The second-order valence-corrected chi connectivity index (χ2v) is 6.86. The zero-order valence-corrected chi connectivity index (χ0v) is 14.2. The van der Waals surface area contributed by atoms with Crippen molar-refractivity contribution in [2.45, 2.75) is 52.2 Å². The maximum atomic E-state index is 11.9. The van der Waals surface area contributed by atoms with Gasteiger partial charge in [-0.05, 0) is 56.5 Å². The van der Waals surface area contributed by atoms with Gasteiger partial charge in [-0.3, -0.25) is 4.99 Å². The summed E-state index contributed by atoms with van der Waals surface area (Å²) in [6, 6.07) is 0.237.